The number of fused-ring (bicyclic) bond motifs is 1. The van der Waals surface area contributed by atoms with Crippen LogP contribution in [0.1, 0.15) is 41.9 Å². The number of ether oxygens (including phenoxy) is 1. The topological polar surface area (TPSA) is 52.3 Å². The lowest BCUT2D eigenvalue weighted by Crippen LogP contribution is -1.92. The van der Waals surface area contributed by atoms with E-state index < -0.39 is 0 Å². The van der Waals surface area contributed by atoms with Crippen molar-refractivity contribution >= 4 is 16.9 Å². The molecule has 1 aromatic heterocycles. The second kappa shape index (κ2) is 5.23. The second-order valence-electron chi connectivity index (χ2n) is 5.96. The molecule has 0 N–H and O–H groups in total. The van der Waals surface area contributed by atoms with Gasteiger partial charge in [-0.05, 0) is 43.5 Å². The van der Waals surface area contributed by atoms with E-state index in [1.165, 1.54) is 0 Å². The van der Waals surface area contributed by atoms with Gasteiger partial charge in [0.1, 0.15) is 5.75 Å². The molecule has 0 aliphatic heterocycles. The first-order chi connectivity index (χ1) is 11.2. The van der Waals surface area contributed by atoms with Gasteiger partial charge in [0.15, 0.2) is 22.8 Å². The van der Waals surface area contributed by atoms with Crippen molar-refractivity contribution in [1.82, 2.24) is 4.98 Å². The van der Waals surface area contributed by atoms with E-state index in [9.17, 15) is 4.79 Å². The van der Waals surface area contributed by atoms with Crippen LogP contribution in [0, 0.1) is 0 Å². The highest BCUT2D eigenvalue weighted by Crippen LogP contribution is 2.43. The van der Waals surface area contributed by atoms with Gasteiger partial charge in [-0.3, -0.25) is 4.79 Å². The molecule has 4 nitrogen and oxygen atoms in total. The van der Waals surface area contributed by atoms with Crippen LogP contribution in [0.5, 0.6) is 5.75 Å². The SMILES string of the molecule is COc1ccc(-c2cccc(C(C)=O)c2)c2oc(C3CC3)nc12. The van der Waals surface area contributed by atoms with E-state index in [0.29, 0.717) is 17.2 Å². The Kier molecular flexibility index (Phi) is 3.18. The Labute approximate surface area is 134 Å². The zero-order valence-electron chi connectivity index (χ0n) is 13.1. The summed E-state index contributed by atoms with van der Waals surface area (Å²) in [6.07, 6.45) is 2.26. The third-order valence-corrected chi connectivity index (χ3v) is 4.25. The minimum Gasteiger partial charge on any atom is -0.494 e. The number of Topliss-reactive ketones (excluding diaryl/α,β-unsaturated/α-hetero) is 1. The number of methoxy groups -OCH3 is 1. The highest BCUT2D eigenvalue weighted by molar-refractivity contribution is 5.98. The van der Waals surface area contributed by atoms with Crippen LogP contribution in [-0.4, -0.2) is 17.9 Å². The molecule has 0 unspecified atom stereocenters. The number of hydrogen-bond donors (Lipinski definition) is 0. The van der Waals surface area contributed by atoms with E-state index in [4.69, 9.17) is 9.15 Å². The summed E-state index contributed by atoms with van der Waals surface area (Å²) in [6.45, 7) is 1.57. The molecular formula is C19H17NO3. The smallest absolute Gasteiger partial charge is 0.198 e. The largest absolute Gasteiger partial charge is 0.494 e. The second-order valence-corrected chi connectivity index (χ2v) is 5.96. The van der Waals surface area contributed by atoms with Crippen LogP contribution in [0.3, 0.4) is 0 Å². The Hall–Kier alpha value is -2.62. The third kappa shape index (κ3) is 2.40. The molecule has 0 saturated heterocycles. The normalized spacial score (nSPS) is 14.2. The van der Waals surface area contributed by atoms with Crippen molar-refractivity contribution in [2.45, 2.75) is 25.7 Å². The maximum atomic E-state index is 11.6. The van der Waals surface area contributed by atoms with Crippen LogP contribution in [0.15, 0.2) is 40.8 Å². The van der Waals surface area contributed by atoms with E-state index in [0.717, 1.165) is 41.0 Å². The minimum atomic E-state index is 0.0489. The Balaban J connectivity index is 1.92. The Morgan fingerprint density at radius 3 is 2.78 bits per heavy atom. The van der Waals surface area contributed by atoms with Crippen LogP contribution in [0.25, 0.3) is 22.2 Å². The average molecular weight is 307 g/mol. The number of nitrogens with zero attached hydrogens (tertiary/aromatic N) is 1. The Morgan fingerprint density at radius 2 is 2.09 bits per heavy atom. The highest BCUT2D eigenvalue weighted by Gasteiger charge is 2.30. The maximum Gasteiger partial charge on any atom is 0.198 e. The monoisotopic (exact) mass is 307 g/mol. The summed E-state index contributed by atoms with van der Waals surface area (Å²) in [4.78, 5) is 16.3. The Morgan fingerprint density at radius 1 is 1.26 bits per heavy atom. The number of aromatic nitrogens is 1. The number of ketones is 1. The van der Waals surface area contributed by atoms with Gasteiger partial charge in [-0.15, -0.1) is 0 Å². The molecule has 1 saturated carbocycles. The number of carbonyl (C=O) groups excluding carboxylic acids is 1. The standard InChI is InChI=1S/C19H17NO3/c1-11(21)13-4-3-5-14(10-13)15-8-9-16(22-2)17-18(15)23-19(20-17)12-6-7-12/h3-5,8-10,12H,6-7H2,1-2H3. The van der Waals surface area contributed by atoms with Gasteiger partial charge in [0.2, 0.25) is 0 Å². The molecule has 4 rings (SSSR count). The molecule has 0 amide bonds. The van der Waals surface area contributed by atoms with Crippen LogP contribution < -0.4 is 4.74 Å². The number of oxazole rings is 1. The number of benzene rings is 2. The molecule has 0 radical (unpaired) electrons. The highest BCUT2D eigenvalue weighted by atomic mass is 16.5. The van der Waals surface area contributed by atoms with Gasteiger partial charge in [-0.25, -0.2) is 4.98 Å². The summed E-state index contributed by atoms with van der Waals surface area (Å²) >= 11 is 0. The molecular weight excluding hydrogens is 290 g/mol. The zero-order chi connectivity index (χ0) is 16.0. The number of carbonyl (C=O) groups is 1. The van der Waals surface area contributed by atoms with Gasteiger partial charge in [0.25, 0.3) is 0 Å². The lowest BCUT2D eigenvalue weighted by Gasteiger charge is -2.06. The van der Waals surface area contributed by atoms with Crippen molar-refractivity contribution in [2.75, 3.05) is 7.11 Å². The van der Waals surface area contributed by atoms with Crippen molar-refractivity contribution in [1.29, 1.82) is 0 Å². The Bertz CT molecular complexity index is 906. The summed E-state index contributed by atoms with van der Waals surface area (Å²) < 4.78 is 11.5. The zero-order valence-corrected chi connectivity index (χ0v) is 13.1. The van der Waals surface area contributed by atoms with Gasteiger partial charge in [-0.1, -0.05) is 18.2 Å². The fourth-order valence-electron chi connectivity index (χ4n) is 2.80. The van der Waals surface area contributed by atoms with Crippen molar-refractivity contribution < 1.29 is 13.9 Å². The molecule has 116 valence electrons. The summed E-state index contributed by atoms with van der Waals surface area (Å²) in [5.74, 6) is 1.98. The van der Waals surface area contributed by atoms with Crippen molar-refractivity contribution in [3.05, 3.63) is 47.9 Å². The van der Waals surface area contributed by atoms with E-state index in [2.05, 4.69) is 4.98 Å². The van der Waals surface area contributed by atoms with Crippen LogP contribution in [-0.2, 0) is 0 Å². The van der Waals surface area contributed by atoms with Crippen LogP contribution in [0.4, 0.5) is 0 Å². The maximum absolute atomic E-state index is 11.6. The molecule has 23 heavy (non-hydrogen) atoms. The average Bonchev–Trinajstić information content (AvgIpc) is 3.32. The number of rotatable bonds is 4. The van der Waals surface area contributed by atoms with Gasteiger partial charge in [-0.2, -0.15) is 0 Å². The van der Waals surface area contributed by atoms with Crippen molar-refractivity contribution in [3.63, 3.8) is 0 Å². The van der Waals surface area contributed by atoms with E-state index in [-0.39, 0.29) is 5.78 Å². The lowest BCUT2D eigenvalue weighted by molar-refractivity contribution is 0.101. The molecule has 0 spiro atoms. The first-order valence-electron chi connectivity index (χ1n) is 7.76. The number of hydrogen-bond acceptors (Lipinski definition) is 4. The quantitative estimate of drug-likeness (QED) is 0.662. The van der Waals surface area contributed by atoms with Gasteiger partial charge in [0, 0.05) is 17.0 Å². The molecule has 1 fully saturated rings. The predicted octanol–water partition coefficient (Wildman–Crippen LogP) is 4.58. The molecule has 1 heterocycles. The predicted molar refractivity (Wildman–Crippen MR) is 88.0 cm³/mol. The van der Waals surface area contributed by atoms with Crippen LogP contribution in [0.2, 0.25) is 0 Å². The first kappa shape index (κ1) is 14.0. The third-order valence-electron chi connectivity index (χ3n) is 4.25. The van der Waals surface area contributed by atoms with Gasteiger partial charge >= 0.3 is 0 Å². The van der Waals surface area contributed by atoms with E-state index >= 15 is 0 Å². The molecule has 4 heteroatoms. The summed E-state index contributed by atoms with van der Waals surface area (Å²) in [7, 11) is 1.64. The molecule has 1 aliphatic rings. The molecule has 2 aromatic carbocycles. The van der Waals surface area contributed by atoms with Crippen molar-refractivity contribution in [3.8, 4) is 16.9 Å². The lowest BCUT2D eigenvalue weighted by atomic mass is 10.0. The van der Waals surface area contributed by atoms with E-state index in [1.54, 1.807) is 14.0 Å². The van der Waals surface area contributed by atoms with E-state index in [1.807, 2.05) is 36.4 Å². The summed E-state index contributed by atoms with van der Waals surface area (Å²) in [5, 5.41) is 0. The molecule has 0 atom stereocenters. The van der Waals surface area contributed by atoms with Crippen molar-refractivity contribution in [2.24, 2.45) is 0 Å². The van der Waals surface area contributed by atoms with Gasteiger partial charge < -0.3 is 9.15 Å². The van der Waals surface area contributed by atoms with Gasteiger partial charge in [0.05, 0.1) is 7.11 Å². The summed E-state index contributed by atoms with van der Waals surface area (Å²) in [6, 6.07) is 11.4. The fourth-order valence-corrected chi connectivity index (χ4v) is 2.80. The fraction of sp³-hybridized carbons (Fsp3) is 0.263. The van der Waals surface area contributed by atoms with Crippen LogP contribution >= 0.6 is 0 Å². The molecule has 3 aromatic rings. The first-order valence-corrected chi connectivity index (χ1v) is 7.76. The minimum absolute atomic E-state index is 0.0489. The summed E-state index contributed by atoms with van der Waals surface area (Å²) in [5.41, 5.74) is 4.05. The molecule has 0 bridgehead atoms. The molecule has 1 aliphatic carbocycles.